The summed E-state index contributed by atoms with van der Waals surface area (Å²) < 4.78 is 27.5. The van der Waals surface area contributed by atoms with Crippen LogP contribution in [0.1, 0.15) is 13.8 Å². The predicted molar refractivity (Wildman–Crippen MR) is 62.4 cm³/mol. The number of halogens is 1. The highest BCUT2D eigenvalue weighted by molar-refractivity contribution is 7.90. The molecule has 0 saturated carbocycles. The van der Waals surface area contributed by atoms with E-state index in [0.29, 0.717) is 6.54 Å². The average molecular weight is 265 g/mol. The number of nitrogens with one attached hydrogen (secondary N) is 2. The van der Waals surface area contributed by atoms with E-state index in [0.717, 1.165) is 0 Å². The first-order valence-corrected chi connectivity index (χ1v) is 6.50. The summed E-state index contributed by atoms with van der Waals surface area (Å²) in [7, 11) is -3.59. The van der Waals surface area contributed by atoms with E-state index in [9.17, 15) is 8.42 Å². The van der Waals surface area contributed by atoms with Crippen LogP contribution in [-0.4, -0.2) is 24.9 Å². The van der Waals surface area contributed by atoms with E-state index in [1.807, 2.05) is 13.8 Å². The topological polar surface area (TPSA) is 84.0 Å². The summed E-state index contributed by atoms with van der Waals surface area (Å²) in [5.74, 6) is 0.355. The van der Waals surface area contributed by atoms with Gasteiger partial charge >= 0.3 is 0 Å². The fourth-order valence-corrected chi connectivity index (χ4v) is 1.92. The quantitative estimate of drug-likeness (QED) is 0.832. The van der Waals surface area contributed by atoms with Crippen LogP contribution in [0.4, 0.5) is 5.82 Å². The first-order chi connectivity index (χ1) is 7.39. The minimum absolute atomic E-state index is 0.126. The highest BCUT2D eigenvalue weighted by atomic mass is 35.5. The summed E-state index contributed by atoms with van der Waals surface area (Å²) in [5.41, 5.74) is 0. The van der Waals surface area contributed by atoms with Gasteiger partial charge in [-0.25, -0.2) is 9.97 Å². The Labute approximate surface area is 99.6 Å². The zero-order valence-electron chi connectivity index (χ0n) is 8.94. The molecule has 16 heavy (non-hydrogen) atoms. The van der Waals surface area contributed by atoms with Crippen LogP contribution in [0.15, 0.2) is 12.4 Å². The molecule has 0 aliphatic carbocycles. The van der Waals surface area contributed by atoms with Gasteiger partial charge in [-0.2, -0.15) is 13.1 Å². The van der Waals surface area contributed by atoms with Gasteiger partial charge in [-0.1, -0.05) is 25.4 Å². The van der Waals surface area contributed by atoms with Gasteiger partial charge < -0.3 is 0 Å². The molecule has 1 rings (SSSR count). The molecule has 0 aliphatic rings. The van der Waals surface area contributed by atoms with Gasteiger partial charge in [-0.15, -0.1) is 0 Å². The zero-order valence-corrected chi connectivity index (χ0v) is 10.5. The third-order valence-corrected chi connectivity index (χ3v) is 2.76. The number of nitrogens with zero attached hydrogens (tertiary/aromatic N) is 2. The molecule has 1 heterocycles. The van der Waals surface area contributed by atoms with E-state index in [-0.39, 0.29) is 16.9 Å². The van der Waals surface area contributed by atoms with Crippen LogP contribution in [0.25, 0.3) is 0 Å². The molecule has 0 fully saturated rings. The maximum Gasteiger partial charge on any atom is 0.300 e. The Hall–Kier alpha value is -0.920. The number of hydrogen-bond donors (Lipinski definition) is 2. The van der Waals surface area contributed by atoms with E-state index in [1.165, 1.54) is 12.4 Å². The fourth-order valence-electron chi connectivity index (χ4n) is 0.815. The summed E-state index contributed by atoms with van der Waals surface area (Å²) >= 11 is 5.52. The number of anilines is 1. The van der Waals surface area contributed by atoms with Gasteiger partial charge in [0, 0.05) is 6.54 Å². The van der Waals surface area contributed by atoms with E-state index < -0.39 is 10.2 Å². The smallest absolute Gasteiger partial charge is 0.253 e. The lowest BCUT2D eigenvalue weighted by Crippen LogP contribution is -2.33. The third-order valence-electron chi connectivity index (χ3n) is 1.54. The zero-order chi connectivity index (χ0) is 12.2. The minimum Gasteiger partial charge on any atom is -0.253 e. The van der Waals surface area contributed by atoms with Crippen LogP contribution >= 0.6 is 11.6 Å². The molecule has 1 aromatic heterocycles. The molecule has 90 valence electrons. The molecule has 0 aliphatic heterocycles. The summed E-state index contributed by atoms with van der Waals surface area (Å²) in [4.78, 5) is 7.47. The van der Waals surface area contributed by atoms with E-state index in [4.69, 9.17) is 11.6 Å². The highest BCUT2D eigenvalue weighted by Gasteiger charge is 2.10. The highest BCUT2D eigenvalue weighted by Crippen LogP contribution is 2.06. The first kappa shape index (κ1) is 13.1. The molecule has 6 nitrogen and oxygen atoms in total. The van der Waals surface area contributed by atoms with E-state index >= 15 is 0 Å². The largest absolute Gasteiger partial charge is 0.300 e. The fraction of sp³-hybridized carbons (Fsp3) is 0.500. The molecule has 0 radical (unpaired) electrons. The third kappa shape index (κ3) is 4.73. The van der Waals surface area contributed by atoms with Crippen molar-refractivity contribution in [2.45, 2.75) is 13.8 Å². The normalized spacial score (nSPS) is 11.8. The molecule has 0 amide bonds. The molecule has 0 bridgehead atoms. The first-order valence-electron chi connectivity index (χ1n) is 4.64. The van der Waals surface area contributed by atoms with Crippen molar-refractivity contribution in [3.8, 4) is 0 Å². The van der Waals surface area contributed by atoms with Crippen LogP contribution in [0.3, 0.4) is 0 Å². The van der Waals surface area contributed by atoms with E-state index in [1.54, 1.807) is 0 Å². The van der Waals surface area contributed by atoms with Gasteiger partial charge in [0.1, 0.15) is 5.15 Å². The molecule has 0 aromatic carbocycles. The Morgan fingerprint density at radius 2 is 2.06 bits per heavy atom. The Morgan fingerprint density at radius 1 is 1.38 bits per heavy atom. The Morgan fingerprint density at radius 3 is 2.56 bits per heavy atom. The lowest BCUT2D eigenvalue weighted by molar-refractivity contribution is 0.564. The summed E-state index contributed by atoms with van der Waals surface area (Å²) in [6.45, 7) is 4.17. The maximum atomic E-state index is 11.5. The van der Waals surface area contributed by atoms with Gasteiger partial charge in [-0.3, -0.25) is 4.72 Å². The molecular weight excluding hydrogens is 252 g/mol. The Kier molecular flexibility index (Phi) is 4.45. The van der Waals surface area contributed by atoms with Crippen LogP contribution < -0.4 is 9.44 Å². The van der Waals surface area contributed by atoms with Crippen LogP contribution in [0, 0.1) is 5.92 Å². The Bertz CT molecular complexity index is 432. The van der Waals surface area contributed by atoms with Crippen LogP contribution in [0.2, 0.25) is 5.15 Å². The van der Waals surface area contributed by atoms with Crippen molar-refractivity contribution >= 4 is 27.6 Å². The van der Waals surface area contributed by atoms with Crippen LogP contribution in [0.5, 0.6) is 0 Å². The second kappa shape index (κ2) is 5.42. The number of hydrogen-bond acceptors (Lipinski definition) is 4. The monoisotopic (exact) mass is 264 g/mol. The van der Waals surface area contributed by atoms with Crippen molar-refractivity contribution in [1.82, 2.24) is 14.7 Å². The van der Waals surface area contributed by atoms with Crippen molar-refractivity contribution in [2.75, 3.05) is 11.3 Å². The van der Waals surface area contributed by atoms with Crippen molar-refractivity contribution in [2.24, 2.45) is 5.92 Å². The van der Waals surface area contributed by atoms with Crippen molar-refractivity contribution < 1.29 is 8.42 Å². The molecule has 0 atom stereocenters. The summed E-state index contributed by atoms with van der Waals surface area (Å²) in [5, 5.41) is 0.207. The Balaban J connectivity index is 2.62. The average Bonchev–Trinajstić information content (AvgIpc) is 2.19. The van der Waals surface area contributed by atoms with Crippen molar-refractivity contribution in [3.05, 3.63) is 17.5 Å². The second-order valence-electron chi connectivity index (χ2n) is 3.57. The molecule has 0 spiro atoms. The standard InChI is InChI=1S/C8H13ClN4O2S/c1-6(2)3-12-16(14,15)13-8-5-10-7(9)4-11-8/h4-6,12H,3H2,1-2H3,(H,11,13). The molecule has 8 heteroatoms. The van der Waals surface area contributed by atoms with Crippen molar-refractivity contribution in [3.63, 3.8) is 0 Å². The molecule has 0 unspecified atom stereocenters. The van der Waals surface area contributed by atoms with Gasteiger partial charge in [0.25, 0.3) is 10.2 Å². The predicted octanol–water partition coefficient (Wildman–Crippen LogP) is 1.03. The van der Waals surface area contributed by atoms with Crippen LogP contribution in [-0.2, 0) is 10.2 Å². The summed E-state index contributed by atoms with van der Waals surface area (Å²) in [6, 6.07) is 0. The molecule has 1 aromatic rings. The lowest BCUT2D eigenvalue weighted by atomic mass is 10.2. The summed E-state index contributed by atoms with van der Waals surface area (Å²) in [6.07, 6.45) is 2.51. The van der Waals surface area contributed by atoms with Gasteiger partial charge in [0.15, 0.2) is 5.82 Å². The van der Waals surface area contributed by atoms with Gasteiger partial charge in [0.05, 0.1) is 12.4 Å². The van der Waals surface area contributed by atoms with Gasteiger partial charge in [0.2, 0.25) is 0 Å². The minimum atomic E-state index is -3.59. The molecular formula is C8H13ClN4O2S. The van der Waals surface area contributed by atoms with Gasteiger partial charge in [-0.05, 0) is 5.92 Å². The number of rotatable bonds is 5. The second-order valence-corrected chi connectivity index (χ2v) is 5.46. The molecule has 0 saturated heterocycles. The van der Waals surface area contributed by atoms with E-state index in [2.05, 4.69) is 19.4 Å². The lowest BCUT2D eigenvalue weighted by Gasteiger charge is -2.09. The maximum absolute atomic E-state index is 11.5. The number of aromatic nitrogens is 2. The molecule has 2 N–H and O–H groups in total. The van der Waals surface area contributed by atoms with Crippen molar-refractivity contribution in [1.29, 1.82) is 0 Å². The SMILES string of the molecule is CC(C)CNS(=O)(=O)Nc1cnc(Cl)cn1.